The molecule has 29 heavy (non-hydrogen) atoms. The summed E-state index contributed by atoms with van der Waals surface area (Å²) in [6.07, 6.45) is 9.10. The Kier molecular flexibility index (Phi) is 7.75. The summed E-state index contributed by atoms with van der Waals surface area (Å²) in [5, 5.41) is 7.56. The van der Waals surface area contributed by atoms with Crippen LogP contribution in [0, 0.1) is 11.6 Å². The molecule has 1 aliphatic heterocycles. The monoisotopic (exact) mass is 404 g/mol. The highest BCUT2D eigenvalue weighted by Crippen LogP contribution is 2.21. The van der Waals surface area contributed by atoms with Crippen LogP contribution in [0.1, 0.15) is 51.0 Å². The van der Waals surface area contributed by atoms with Crippen LogP contribution in [-0.4, -0.2) is 36.0 Å². The summed E-state index contributed by atoms with van der Waals surface area (Å²) in [7, 11) is 0. The third-order valence-corrected chi connectivity index (χ3v) is 5.39. The summed E-state index contributed by atoms with van der Waals surface area (Å²) in [5.74, 6) is -1.45. The molecule has 3 rings (SSSR count). The molecule has 0 aliphatic carbocycles. The van der Waals surface area contributed by atoms with Crippen LogP contribution in [0.15, 0.2) is 29.2 Å². The fraction of sp³-hybridized carbons (Fsp3) is 0.545. The summed E-state index contributed by atoms with van der Waals surface area (Å²) in [4.78, 5) is 15.4. The molecule has 0 saturated carbocycles. The third kappa shape index (κ3) is 5.63. The van der Waals surface area contributed by atoms with Crippen molar-refractivity contribution in [2.75, 3.05) is 31.1 Å². The number of hydrogen-bond donors (Lipinski definition) is 1. The molecule has 0 spiro atoms. The lowest BCUT2D eigenvalue weighted by atomic mass is 10.0. The van der Waals surface area contributed by atoms with E-state index in [1.165, 1.54) is 19.3 Å². The molecule has 0 bridgehead atoms. The van der Waals surface area contributed by atoms with Crippen molar-refractivity contribution in [1.82, 2.24) is 15.1 Å². The smallest absolute Gasteiger partial charge is 0.276 e. The molecule has 0 unspecified atom stereocenters. The molecule has 0 radical (unpaired) electrons. The zero-order valence-electron chi connectivity index (χ0n) is 17.1. The highest BCUT2D eigenvalue weighted by Gasteiger charge is 2.19. The van der Waals surface area contributed by atoms with Crippen molar-refractivity contribution in [1.29, 1.82) is 0 Å². The fourth-order valence-electron chi connectivity index (χ4n) is 3.82. The molecular weight excluding hydrogens is 374 g/mol. The Hall–Kier alpha value is -2.28. The Morgan fingerprint density at radius 3 is 2.34 bits per heavy atom. The van der Waals surface area contributed by atoms with E-state index in [1.807, 2.05) is 0 Å². The van der Waals surface area contributed by atoms with Crippen LogP contribution in [0.25, 0.3) is 5.69 Å². The van der Waals surface area contributed by atoms with Gasteiger partial charge in [0.2, 0.25) is 0 Å². The second kappa shape index (κ2) is 10.5. The lowest BCUT2D eigenvalue weighted by molar-refractivity contribution is 0.574. The van der Waals surface area contributed by atoms with Crippen molar-refractivity contribution < 1.29 is 8.78 Å². The second-order valence-electron chi connectivity index (χ2n) is 7.61. The predicted octanol–water partition coefficient (Wildman–Crippen LogP) is 3.82. The van der Waals surface area contributed by atoms with Crippen LogP contribution in [-0.2, 0) is 6.42 Å². The van der Waals surface area contributed by atoms with E-state index >= 15 is 0 Å². The van der Waals surface area contributed by atoms with Crippen molar-refractivity contribution in [2.24, 2.45) is 0 Å². The van der Waals surface area contributed by atoms with Crippen LogP contribution >= 0.6 is 0 Å². The van der Waals surface area contributed by atoms with Gasteiger partial charge in [0.05, 0.1) is 17.6 Å². The number of benzene rings is 1. The summed E-state index contributed by atoms with van der Waals surface area (Å²) < 4.78 is 28.5. The molecule has 0 amide bonds. The third-order valence-electron chi connectivity index (χ3n) is 5.39. The van der Waals surface area contributed by atoms with Crippen LogP contribution in [0.2, 0.25) is 0 Å². The van der Waals surface area contributed by atoms with Gasteiger partial charge >= 0.3 is 0 Å². The summed E-state index contributed by atoms with van der Waals surface area (Å²) >= 11 is 0. The molecule has 158 valence electrons. The van der Waals surface area contributed by atoms with E-state index in [0.717, 1.165) is 74.0 Å². The van der Waals surface area contributed by atoms with E-state index in [-0.39, 0.29) is 11.2 Å². The van der Waals surface area contributed by atoms with Gasteiger partial charge in [0.15, 0.2) is 0 Å². The first-order chi connectivity index (χ1) is 14.1. The van der Waals surface area contributed by atoms with Crippen molar-refractivity contribution in [2.45, 2.75) is 51.9 Å². The van der Waals surface area contributed by atoms with Gasteiger partial charge in [0.25, 0.3) is 5.56 Å². The Bertz CT molecular complexity index is 842. The first kappa shape index (κ1) is 21.4. The van der Waals surface area contributed by atoms with Crippen LogP contribution in [0.4, 0.5) is 14.5 Å². The first-order valence-electron chi connectivity index (χ1n) is 10.6. The van der Waals surface area contributed by atoms with E-state index in [0.29, 0.717) is 12.0 Å². The summed E-state index contributed by atoms with van der Waals surface area (Å²) in [6, 6.07) is 3.06. The molecular formula is C22H30F2N4O. The van der Waals surface area contributed by atoms with E-state index in [4.69, 9.17) is 0 Å². The van der Waals surface area contributed by atoms with Gasteiger partial charge in [-0.3, -0.25) is 4.79 Å². The van der Waals surface area contributed by atoms with Gasteiger partial charge < -0.3 is 10.2 Å². The molecule has 1 aromatic carbocycles. The minimum atomic E-state index is -0.725. The quantitative estimate of drug-likeness (QED) is 0.646. The Morgan fingerprint density at radius 1 is 1.00 bits per heavy atom. The average molecular weight is 405 g/mol. The van der Waals surface area contributed by atoms with Gasteiger partial charge in [-0.05, 0) is 25.0 Å². The number of unbranched alkanes of at least 4 members (excludes halogenated alkanes) is 5. The average Bonchev–Trinajstić information content (AvgIpc) is 2.71. The number of piperazine rings is 1. The normalized spacial score (nSPS) is 14.4. The Balaban J connectivity index is 1.88. The van der Waals surface area contributed by atoms with Crippen LogP contribution in [0.5, 0.6) is 0 Å². The highest BCUT2D eigenvalue weighted by atomic mass is 19.1. The Labute approximate surface area is 170 Å². The minimum Gasteiger partial charge on any atom is -0.367 e. The maximum atomic E-state index is 13.7. The number of hydrogen-bond acceptors (Lipinski definition) is 4. The Morgan fingerprint density at radius 2 is 1.66 bits per heavy atom. The van der Waals surface area contributed by atoms with E-state index in [9.17, 15) is 13.6 Å². The van der Waals surface area contributed by atoms with Gasteiger partial charge in [-0.2, -0.15) is 9.78 Å². The number of anilines is 1. The van der Waals surface area contributed by atoms with Gasteiger partial charge in [-0.1, -0.05) is 39.0 Å². The van der Waals surface area contributed by atoms with E-state index in [1.54, 1.807) is 6.20 Å². The minimum absolute atomic E-state index is 0.114. The first-order valence-corrected chi connectivity index (χ1v) is 10.6. The van der Waals surface area contributed by atoms with Crippen molar-refractivity contribution in [3.8, 4) is 5.69 Å². The zero-order valence-corrected chi connectivity index (χ0v) is 17.1. The molecule has 1 N–H and O–H groups in total. The summed E-state index contributed by atoms with van der Waals surface area (Å²) in [6.45, 7) is 5.52. The van der Waals surface area contributed by atoms with Crippen molar-refractivity contribution in [3.63, 3.8) is 0 Å². The SMILES string of the molecule is CCCCCCCCc1c(N2CCNCC2)cnn(-c2cc(F)cc(F)c2)c1=O. The van der Waals surface area contributed by atoms with E-state index in [2.05, 4.69) is 22.2 Å². The molecule has 1 aromatic heterocycles. The topological polar surface area (TPSA) is 50.2 Å². The van der Waals surface area contributed by atoms with Gasteiger partial charge in [0.1, 0.15) is 11.6 Å². The molecule has 0 atom stereocenters. The van der Waals surface area contributed by atoms with E-state index < -0.39 is 11.6 Å². The van der Waals surface area contributed by atoms with Crippen LogP contribution in [0.3, 0.4) is 0 Å². The molecule has 7 heteroatoms. The fourth-order valence-corrected chi connectivity index (χ4v) is 3.82. The number of rotatable bonds is 9. The molecule has 1 aliphatic rings. The van der Waals surface area contributed by atoms with Crippen molar-refractivity contribution in [3.05, 3.63) is 51.9 Å². The number of aromatic nitrogens is 2. The molecule has 5 nitrogen and oxygen atoms in total. The lowest BCUT2D eigenvalue weighted by Gasteiger charge is -2.30. The maximum absolute atomic E-state index is 13.7. The second-order valence-corrected chi connectivity index (χ2v) is 7.61. The molecule has 1 saturated heterocycles. The number of halogens is 2. The highest BCUT2D eigenvalue weighted by molar-refractivity contribution is 5.52. The zero-order chi connectivity index (χ0) is 20.6. The largest absolute Gasteiger partial charge is 0.367 e. The van der Waals surface area contributed by atoms with Gasteiger partial charge in [-0.25, -0.2) is 8.78 Å². The van der Waals surface area contributed by atoms with Gasteiger partial charge in [-0.15, -0.1) is 0 Å². The molecule has 2 aromatic rings. The van der Waals surface area contributed by atoms with Crippen molar-refractivity contribution >= 4 is 5.69 Å². The molecule has 2 heterocycles. The number of nitrogens with zero attached hydrogens (tertiary/aromatic N) is 3. The lowest BCUT2D eigenvalue weighted by Crippen LogP contribution is -2.45. The maximum Gasteiger partial charge on any atom is 0.276 e. The molecule has 1 fully saturated rings. The standard InChI is InChI=1S/C22H30F2N4O/c1-2-3-4-5-6-7-8-20-21(27-11-9-25-10-12-27)16-26-28(22(20)29)19-14-17(23)13-18(24)15-19/h13-16,25H,2-12H2,1H3. The van der Waals surface area contributed by atoms with Crippen LogP contribution < -0.4 is 15.8 Å². The summed E-state index contributed by atoms with van der Waals surface area (Å²) in [5.41, 5.74) is 1.35. The predicted molar refractivity (Wildman–Crippen MR) is 112 cm³/mol. The number of nitrogens with one attached hydrogen (secondary N) is 1. The van der Waals surface area contributed by atoms with Gasteiger partial charge in [0, 0.05) is 37.8 Å².